The van der Waals surface area contributed by atoms with Crippen LogP contribution in [0.3, 0.4) is 0 Å². The van der Waals surface area contributed by atoms with Crippen molar-refractivity contribution in [2.75, 3.05) is 33.4 Å². The average molecular weight is 317 g/mol. The fraction of sp³-hybridized carbons (Fsp3) is 0.688. The van der Waals surface area contributed by atoms with Gasteiger partial charge in [0.15, 0.2) is 5.52 Å². The zero-order chi connectivity index (χ0) is 16.0. The van der Waals surface area contributed by atoms with E-state index >= 15 is 0 Å². The van der Waals surface area contributed by atoms with E-state index in [1.165, 1.54) is 0 Å². The van der Waals surface area contributed by atoms with Gasteiger partial charge in [-0.3, -0.25) is 9.36 Å². The molecule has 0 saturated carbocycles. The van der Waals surface area contributed by atoms with E-state index in [2.05, 4.69) is 29.0 Å². The lowest BCUT2D eigenvalue weighted by molar-refractivity contribution is 0.0832. The first-order chi connectivity index (χ1) is 11.1. The first-order valence-corrected chi connectivity index (χ1v) is 8.36. The standard InChI is InChI=1S/C16H23N5O2/c1-11-8-19(2)9-14(11)20-10-18-21-13(16(20)22)7-17-15(21)12-3-5-23-6-4-12/h7,10-12,14H,3-6,8-9H2,1-2H3. The smallest absolute Gasteiger partial charge is 0.279 e. The Morgan fingerprint density at radius 3 is 2.74 bits per heavy atom. The molecular weight excluding hydrogens is 294 g/mol. The number of likely N-dealkylation sites (tertiary alicyclic amines) is 1. The molecule has 2 aromatic heterocycles. The largest absolute Gasteiger partial charge is 0.381 e. The summed E-state index contributed by atoms with van der Waals surface area (Å²) in [6, 6.07) is 0.187. The molecule has 2 atom stereocenters. The highest BCUT2D eigenvalue weighted by Crippen LogP contribution is 2.27. The minimum Gasteiger partial charge on any atom is -0.381 e. The van der Waals surface area contributed by atoms with Gasteiger partial charge in [-0.25, -0.2) is 9.50 Å². The predicted molar refractivity (Wildman–Crippen MR) is 85.7 cm³/mol. The second kappa shape index (κ2) is 5.72. The van der Waals surface area contributed by atoms with E-state index in [0.717, 1.165) is 45.0 Å². The maximum Gasteiger partial charge on any atom is 0.279 e. The second-order valence-corrected chi connectivity index (χ2v) is 6.91. The van der Waals surface area contributed by atoms with Gasteiger partial charge in [-0.1, -0.05) is 6.92 Å². The van der Waals surface area contributed by atoms with Crippen molar-refractivity contribution in [3.05, 3.63) is 28.7 Å². The quantitative estimate of drug-likeness (QED) is 0.824. The highest BCUT2D eigenvalue weighted by atomic mass is 16.5. The molecule has 2 aliphatic rings. The molecule has 0 aliphatic carbocycles. The maximum atomic E-state index is 12.9. The number of rotatable bonds is 2. The van der Waals surface area contributed by atoms with Gasteiger partial charge in [0, 0.05) is 32.2 Å². The van der Waals surface area contributed by atoms with Crippen molar-refractivity contribution in [2.24, 2.45) is 5.92 Å². The third kappa shape index (κ3) is 2.48. The minimum absolute atomic E-state index is 0.0120. The van der Waals surface area contributed by atoms with Gasteiger partial charge in [0.05, 0.1) is 12.2 Å². The van der Waals surface area contributed by atoms with Crippen LogP contribution in [-0.4, -0.2) is 57.4 Å². The van der Waals surface area contributed by atoms with Crippen LogP contribution in [0, 0.1) is 5.92 Å². The van der Waals surface area contributed by atoms with Gasteiger partial charge in [-0.15, -0.1) is 0 Å². The molecule has 124 valence electrons. The summed E-state index contributed by atoms with van der Waals surface area (Å²) in [5, 5.41) is 4.54. The number of hydrogen-bond acceptors (Lipinski definition) is 5. The van der Waals surface area contributed by atoms with Gasteiger partial charge in [-0.05, 0) is 25.8 Å². The fourth-order valence-electron chi connectivity index (χ4n) is 3.94. The molecule has 0 spiro atoms. The summed E-state index contributed by atoms with van der Waals surface area (Å²) in [4.78, 5) is 19.6. The number of fused-ring (bicyclic) bond motifs is 1. The summed E-state index contributed by atoms with van der Waals surface area (Å²) in [5.74, 6) is 1.66. The van der Waals surface area contributed by atoms with E-state index in [1.807, 2.05) is 0 Å². The van der Waals surface area contributed by atoms with Crippen molar-refractivity contribution >= 4 is 5.52 Å². The summed E-state index contributed by atoms with van der Waals surface area (Å²) in [5.41, 5.74) is 0.591. The number of hydrogen-bond donors (Lipinski definition) is 0. The normalized spacial score (nSPS) is 27.0. The van der Waals surface area contributed by atoms with Crippen LogP contribution in [0.2, 0.25) is 0 Å². The molecule has 4 heterocycles. The van der Waals surface area contributed by atoms with Crippen molar-refractivity contribution in [3.63, 3.8) is 0 Å². The molecule has 2 aliphatic heterocycles. The Morgan fingerprint density at radius 1 is 1.26 bits per heavy atom. The highest BCUT2D eigenvalue weighted by molar-refractivity contribution is 5.42. The minimum atomic E-state index is 0.0120. The molecule has 2 saturated heterocycles. The lowest BCUT2D eigenvalue weighted by atomic mass is 10.00. The Morgan fingerprint density at radius 2 is 2.04 bits per heavy atom. The third-order valence-electron chi connectivity index (χ3n) is 5.21. The summed E-state index contributed by atoms with van der Waals surface area (Å²) < 4.78 is 8.94. The number of nitrogens with zero attached hydrogens (tertiary/aromatic N) is 5. The van der Waals surface area contributed by atoms with Gasteiger partial charge in [-0.2, -0.15) is 5.10 Å². The Balaban J connectivity index is 1.73. The lowest BCUT2D eigenvalue weighted by Gasteiger charge is -2.21. The van der Waals surface area contributed by atoms with E-state index in [1.54, 1.807) is 21.6 Å². The van der Waals surface area contributed by atoms with Crippen LogP contribution in [0.1, 0.15) is 37.5 Å². The van der Waals surface area contributed by atoms with Crippen molar-refractivity contribution in [1.82, 2.24) is 24.1 Å². The number of likely N-dealkylation sites (N-methyl/N-ethyl adjacent to an activating group) is 1. The first-order valence-electron chi connectivity index (χ1n) is 8.36. The zero-order valence-electron chi connectivity index (χ0n) is 13.7. The van der Waals surface area contributed by atoms with Gasteiger partial charge < -0.3 is 9.64 Å². The molecular formula is C16H23N5O2. The van der Waals surface area contributed by atoms with Crippen molar-refractivity contribution < 1.29 is 4.74 Å². The average Bonchev–Trinajstić information content (AvgIpc) is 3.12. The molecule has 7 heteroatoms. The Hall–Kier alpha value is -1.73. The van der Waals surface area contributed by atoms with E-state index < -0.39 is 0 Å². The molecule has 0 aromatic carbocycles. The lowest BCUT2D eigenvalue weighted by Crippen LogP contribution is -2.30. The Bertz CT molecular complexity index is 761. The van der Waals surface area contributed by atoms with Gasteiger partial charge >= 0.3 is 0 Å². The molecule has 0 N–H and O–H groups in total. The van der Waals surface area contributed by atoms with Crippen LogP contribution in [0.5, 0.6) is 0 Å². The monoisotopic (exact) mass is 317 g/mol. The molecule has 2 unspecified atom stereocenters. The molecule has 4 rings (SSSR count). The van der Waals surface area contributed by atoms with E-state index in [9.17, 15) is 4.79 Å². The Kier molecular flexibility index (Phi) is 3.69. The first kappa shape index (κ1) is 14.8. The van der Waals surface area contributed by atoms with E-state index in [4.69, 9.17) is 4.74 Å². The van der Waals surface area contributed by atoms with Crippen LogP contribution in [0.4, 0.5) is 0 Å². The van der Waals surface area contributed by atoms with Gasteiger partial charge in [0.25, 0.3) is 5.56 Å². The molecule has 2 aromatic rings. The van der Waals surface area contributed by atoms with Crippen LogP contribution in [0.15, 0.2) is 17.3 Å². The van der Waals surface area contributed by atoms with Crippen LogP contribution in [0.25, 0.3) is 5.52 Å². The molecule has 7 nitrogen and oxygen atoms in total. The van der Waals surface area contributed by atoms with Crippen LogP contribution in [-0.2, 0) is 4.74 Å². The predicted octanol–water partition coefficient (Wildman–Crippen LogP) is 0.908. The second-order valence-electron chi connectivity index (χ2n) is 6.91. The van der Waals surface area contributed by atoms with Gasteiger partial charge in [0.2, 0.25) is 0 Å². The highest BCUT2D eigenvalue weighted by Gasteiger charge is 2.30. The number of aromatic nitrogens is 4. The SMILES string of the molecule is CC1CN(C)CC1n1cnn2c(C3CCOCC3)ncc2c1=O. The summed E-state index contributed by atoms with van der Waals surface area (Å²) in [7, 11) is 2.09. The molecule has 0 bridgehead atoms. The molecule has 0 radical (unpaired) electrons. The van der Waals surface area contributed by atoms with Crippen molar-refractivity contribution in [3.8, 4) is 0 Å². The van der Waals surface area contributed by atoms with E-state index in [0.29, 0.717) is 17.4 Å². The zero-order valence-corrected chi connectivity index (χ0v) is 13.7. The summed E-state index contributed by atoms with van der Waals surface area (Å²) >= 11 is 0. The van der Waals surface area contributed by atoms with Gasteiger partial charge in [0.1, 0.15) is 12.2 Å². The fourth-order valence-corrected chi connectivity index (χ4v) is 3.94. The molecule has 2 fully saturated rings. The van der Waals surface area contributed by atoms with Crippen molar-refractivity contribution in [2.45, 2.75) is 31.7 Å². The maximum absolute atomic E-state index is 12.9. The van der Waals surface area contributed by atoms with Crippen LogP contribution >= 0.6 is 0 Å². The number of imidazole rings is 1. The molecule has 23 heavy (non-hydrogen) atoms. The van der Waals surface area contributed by atoms with Crippen molar-refractivity contribution in [1.29, 1.82) is 0 Å². The Labute approximate surface area is 134 Å². The summed E-state index contributed by atoms with van der Waals surface area (Å²) in [6.45, 7) is 5.59. The van der Waals surface area contributed by atoms with E-state index in [-0.39, 0.29) is 11.6 Å². The van der Waals surface area contributed by atoms with Crippen LogP contribution < -0.4 is 5.56 Å². The summed E-state index contributed by atoms with van der Waals surface area (Å²) in [6.07, 6.45) is 5.25. The topological polar surface area (TPSA) is 64.7 Å². The number of ether oxygens (including phenoxy) is 1. The third-order valence-corrected chi connectivity index (χ3v) is 5.21. The molecule has 0 amide bonds.